The summed E-state index contributed by atoms with van der Waals surface area (Å²) in [6.45, 7) is 6.12. The Labute approximate surface area is 110 Å². The smallest absolute Gasteiger partial charge is 0.206 e. The standard InChI is InChI=1S/C13H15N3OS/c1-8-15-16-12(18-8)14-11-9-6-4-5-7-10(9)17-13(11,2)3/h4-7,11H,1-3H3,(H,14,16). The van der Waals surface area contributed by atoms with Gasteiger partial charge in [0.15, 0.2) is 0 Å². The van der Waals surface area contributed by atoms with E-state index in [1.165, 1.54) is 5.56 Å². The Morgan fingerprint density at radius 2 is 2.06 bits per heavy atom. The lowest BCUT2D eigenvalue weighted by Crippen LogP contribution is -2.34. The molecule has 5 heteroatoms. The number of ether oxygens (including phenoxy) is 1. The van der Waals surface area contributed by atoms with Crippen molar-refractivity contribution >= 4 is 16.5 Å². The Kier molecular flexibility index (Phi) is 2.52. The van der Waals surface area contributed by atoms with E-state index in [2.05, 4.69) is 35.4 Å². The third kappa shape index (κ3) is 1.84. The second kappa shape index (κ2) is 3.95. The van der Waals surface area contributed by atoms with Crippen molar-refractivity contribution in [3.63, 3.8) is 0 Å². The molecule has 2 aromatic rings. The van der Waals surface area contributed by atoms with E-state index in [1.807, 2.05) is 25.1 Å². The lowest BCUT2D eigenvalue weighted by atomic mass is 9.95. The summed E-state index contributed by atoms with van der Waals surface area (Å²) in [5.41, 5.74) is 0.888. The minimum Gasteiger partial charge on any atom is -0.485 e. The summed E-state index contributed by atoms with van der Waals surface area (Å²) in [6.07, 6.45) is 0. The molecular weight excluding hydrogens is 246 g/mol. The van der Waals surface area contributed by atoms with Gasteiger partial charge in [0.05, 0.1) is 6.04 Å². The number of rotatable bonds is 2. The van der Waals surface area contributed by atoms with Crippen LogP contribution in [0.1, 0.15) is 30.5 Å². The van der Waals surface area contributed by atoms with Crippen LogP contribution < -0.4 is 10.1 Å². The molecule has 1 aromatic carbocycles. The number of anilines is 1. The molecule has 0 saturated heterocycles. The van der Waals surface area contributed by atoms with Crippen LogP contribution in [0.3, 0.4) is 0 Å². The fraction of sp³-hybridized carbons (Fsp3) is 0.385. The van der Waals surface area contributed by atoms with Crippen molar-refractivity contribution in [2.45, 2.75) is 32.4 Å². The van der Waals surface area contributed by atoms with E-state index in [0.29, 0.717) is 0 Å². The van der Waals surface area contributed by atoms with Gasteiger partial charge in [-0.05, 0) is 26.8 Å². The molecule has 1 aromatic heterocycles. The first-order valence-corrected chi connectivity index (χ1v) is 6.72. The summed E-state index contributed by atoms with van der Waals surface area (Å²) >= 11 is 1.56. The first-order valence-electron chi connectivity index (χ1n) is 5.91. The van der Waals surface area contributed by atoms with E-state index in [0.717, 1.165) is 15.9 Å². The molecule has 1 N–H and O–H groups in total. The normalized spacial score (nSPS) is 20.3. The van der Waals surface area contributed by atoms with Gasteiger partial charge in [-0.1, -0.05) is 29.5 Å². The van der Waals surface area contributed by atoms with Crippen molar-refractivity contribution in [1.29, 1.82) is 0 Å². The summed E-state index contributed by atoms with van der Waals surface area (Å²) < 4.78 is 5.98. The molecular formula is C13H15N3OS. The lowest BCUT2D eigenvalue weighted by molar-refractivity contribution is 0.118. The molecule has 0 bridgehead atoms. The van der Waals surface area contributed by atoms with E-state index in [1.54, 1.807) is 11.3 Å². The van der Waals surface area contributed by atoms with Crippen LogP contribution in [0, 0.1) is 6.92 Å². The number of benzene rings is 1. The van der Waals surface area contributed by atoms with Crippen molar-refractivity contribution in [3.8, 4) is 5.75 Å². The molecule has 18 heavy (non-hydrogen) atoms. The van der Waals surface area contributed by atoms with Crippen LogP contribution in [0.15, 0.2) is 24.3 Å². The summed E-state index contributed by atoms with van der Waals surface area (Å²) in [7, 11) is 0. The van der Waals surface area contributed by atoms with Crippen LogP contribution >= 0.6 is 11.3 Å². The minimum absolute atomic E-state index is 0.0982. The quantitative estimate of drug-likeness (QED) is 0.902. The Hall–Kier alpha value is -1.62. The highest BCUT2D eigenvalue weighted by Crippen LogP contribution is 2.44. The number of nitrogens with zero attached hydrogens (tertiary/aromatic N) is 2. The third-order valence-corrected chi connectivity index (χ3v) is 3.86. The van der Waals surface area contributed by atoms with Gasteiger partial charge >= 0.3 is 0 Å². The predicted molar refractivity (Wildman–Crippen MR) is 72.2 cm³/mol. The number of fused-ring (bicyclic) bond motifs is 1. The summed E-state index contributed by atoms with van der Waals surface area (Å²) in [6, 6.07) is 8.22. The first kappa shape index (κ1) is 11.5. The Balaban J connectivity index is 1.95. The molecule has 2 heterocycles. The average Bonchev–Trinajstić information content (AvgIpc) is 2.82. The molecule has 0 saturated carbocycles. The maximum absolute atomic E-state index is 5.98. The highest BCUT2D eigenvalue weighted by molar-refractivity contribution is 7.15. The highest BCUT2D eigenvalue weighted by atomic mass is 32.1. The largest absolute Gasteiger partial charge is 0.485 e. The van der Waals surface area contributed by atoms with E-state index < -0.39 is 0 Å². The third-order valence-electron chi connectivity index (χ3n) is 3.09. The number of nitrogens with one attached hydrogen (secondary N) is 1. The van der Waals surface area contributed by atoms with Gasteiger partial charge < -0.3 is 10.1 Å². The van der Waals surface area contributed by atoms with E-state index in [-0.39, 0.29) is 11.6 Å². The average molecular weight is 261 g/mol. The van der Waals surface area contributed by atoms with Crippen LogP contribution in [-0.2, 0) is 0 Å². The SMILES string of the molecule is Cc1nnc(NC2c3ccccc3OC2(C)C)s1. The number of hydrogen-bond donors (Lipinski definition) is 1. The van der Waals surface area contributed by atoms with Crippen molar-refractivity contribution in [2.24, 2.45) is 0 Å². The van der Waals surface area contributed by atoms with Gasteiger partial charge in [-0.2, -0.15) is 0 Å². The zero-order chi connectivity index (χ0) is 12.8. The molecule has 0 radical (unpaired) electrons. The number of aromatic nitrogens is 2. The van der Waals surface area contributed by atoms with E-state index in [4.69, 9.17) is 4.74 Å². The molecule has 94 valence electrons. The van der Waals surface area contributed by atoms with Crippen molar-refractivity contribution in [1.82, 2.24) is 10.2 Å². The fourth-order valence-electron chi connectivity index (χ4n) is 2.26. The van der Waals surface area contributed by atoms with Crippen molar-refractivity contribution < 1.29 is 4.74 Å². The van der Waals surface area contributed by atoms with Crippen LogP contribution in [0.5, 0.6) is 5.75 Å². The van der Waals surface area contributed by atoms with Crippen LogP contribution in [0.4, 0.5) is 5.13 Å². The summed E-state index contributed by atoms with van der Waals surface area (Å²) in [4.78, 5) is 0. The molecule has 1 aliphatic heterocycles. The number of aryl methyl sites for hydroxylation is 1. The zero-order valence-corrected chi connectivity index (χ0v) is 11.4. The maximum Gasteiger partial charge on any atom is 0.206 e. The van der Waals surface area contributed by atoms with E-state index >= 15 is 0 Å². The zero-order valence-electron chi connectivity index (χ0n) is 10.6. The van der Waals surface area contributed by atoms with Crippen LogP contribution in [0.25, 0.3) is 0 Å². The van der Waals surface area contributed by atoms with Gasteiger partial charge in [-0.25, -0.2) is 0 Å². The summed E-state index contributed by atoms with van der Waals surface area (Å²) in [5.74, 6) is 0.946. The van der Waals surface area contributed by atoms with Gasteiger partial charge in [0.25, 0.3) is 0 Å². The van der Waals surface area contributed by atoms with Gasteiger partial charge in [0.2, 0.25) is 5.13 Å². The second-order valence-electron chi connectivity index (χ2n) is 4.95. The van der Waals surface area contributed by atoms with Crippen LogP contribution in [0.2, 0.25) is 0 Å². The highest BCUT2D eigenvalue weighted by Gasteiger charge is 2.41. The molecule has 3 rings (SSSR count). The lowest BCUT2D eigenvalue weighted by Gasteiger charge is -2.26. The predicted octanol–water partition coefficient (Wildman–Crippen LogP) is 3.17. The molecule has 1 atom stereocenters. The molecule has 0 fully saturated rings. The Morgan fingerprint density at radius 3 is 2.78 bits per heavy atom. The number of hydrogen-bond acceptors (Lipinski definition) is 5. The second-order valence-corrected chi connectivity index (χ2v) is 6.13. The Morgan fingerprint density at radius 1 is 1.28 bits per heavy atom. The molecule has 1 aliphatic rings. The van der Waals surface area contributed by atoms with Gasteiger partial charge in [0.1, 0.15) is 16.4 Å². The molecule has 0 spiro atoms. The van der Waals surface area contributed by atoms with Crippen LogP contribution in [-0.4, -0.2) is 15.8 Å². The van der Waals surface area contributed by atoms with E-state index in [9.17, 15) is 0 Å². The van der Waals surface area contributed by atoms with Crippen molar-refractivity contribution in [3.05, 3.63) is 34.8 Å². The van der Waals surface area contributed by atoms with Gasteiger partial charge in [-0.15, -0.1) is 10.2 Å². The maximum atomic E-state index is 5.98. The number of para-hydroxylation sites is 1. The van der Waals surface area contributed by atoms with Gasteiger partial charge in [-0.3, -0.25) is 0 Å². The Bertz CT molecular complexity index is 579. The summed E-state index contributed by atoms with van der Waals surface area (Å²) in [5, 5.41) is 13.4. The molecule has 0 amide bonds. The monoisotopic (exact) mass is 261 g/mol. The molecule has 0 aliphatic carbocycles. The minimum atomic E-state index is -0.288. The topological polar surface area (TPSA) is 47.0 Å². The first-order chi connectivity index (χ1) is 8.56. The molecule has 1 unspecified atom stereocenters. The van der Waals surface area contributed by atoms with Crippen molar-refractivity contribution in [2.75, 3.05) is 5.32 Å². The van der Waals surface area contributed by atoms with Gasteiger partial charge in [0, 0.05) is 5.56 Å². The fourth-order valence-corrected chi connectivity index (χ4v) is 2.88. The molecule has 4 nitrogen and oxygen atoms in total.